The first kappa shape index (κ1) is 26.4. The second-order valence-electron chi connectivity index (χ2n) is 8.11. The SMILES string of the molecule is CC(C)C[C@H](OC(=O)CNC(=O)[C@H](Cc1ccccc1)NC(=O)OCc1ccccc1)C(=O)O. The van der Waals surface area contributed by atoms with E-state index in [1.807, 2.05) is 38.1 Å². The van der Waals surface area contributed by atoms with Gasteiger partial charge in [0.25, 0.3) is 0 Å². The monoisotopic (exact) mass is 470 g/mol. The van der Waals surface area contributed by atoms with E-state index < -0.39 is 42.6 Å². The van der Waals surface area contributed by atoms with Crippen LogP contribution in [0, 0.1) is 5.92 Å². The van der Waals surface area contributed by atoms with Crippen LogP contribution in [-0.2, 0) is 36.9 Å². The molecule has 0 fully saturated rings. The van der Waals surface area contributed by atoms with Crippen molar-refractivity contribution in [3.8, 4) is 0 Å². The van der Waals surface area contributed by atoms with Gasteiger partial charge in [-0.05, 0) is 23.5 Å². The average molecular weight is 471 g/mol. The zero-order chi connectivity index (χ0) is 24.9. The summed E-state index contributed by atoms with van der Waals surface area (Å²) in [6, 6.07) is 17.1. The van der Waals surface area contributed by atoms with Crippen molar-refractivity contribution >= 4 is 23.9 Å². The van der Waals surface area contributed by atoms with Crippen LogP contribution in [0.25, 0.3) is 0 Å². The van der Waals surface area contributed by atoms with Crippen LogP contribution in [0.3, 0.4) is 0 Å². The summed E-state index contributed by atoms with van der Waals surface area (Å²) in [6.07, 6.45) is -1.77. The van der Waals surface area contributed by atoms with E-state index in [0.717, 1.165) is 11.1 Å². The Morgan fingerprint density at radius 3 is 2.06 bits per heavy atom. The second-order valence-corrected chi connectivity index (χ2v) is 8.11. The molecule has 0 unspecified atom stereocenters. The largest absolute Gasteiger partial charge is 0.479 e. The molecule has 9 heteroatoms. The van der Waals surface area contributed by atoms with Gasteiger partial charge in [0.2, 0.25) is 5.91 Å². The lowest BCUT2D eigenvalue weighted by molar-refractivity contribution is -0.164. The maximum Gasteiger partial charge on any atom is 0.408 e. The molecule has 0 aliphatic rings. The summed E-state index contributed by atoms with van der Waals surface area (Å²) in [5.74, 6) is -2.76. The van der Waals surface area contributed by atoms with Crippen molar-refractivity contribution in [2.75, 3.05) is 6.54 Å². The fraction of sp³-hybridized carbons (Fsp3) is 0.360. The molecular weight excluding hydrogens is 440 g/mol. The number of carbonyl (C=O) groups excluding carboxylic acids is 3. The van der Waals surface area contributed by atoms with Crippen molar-refractivity contribution < 1.29 is 33.8 Å². The van der Waals surface area contributed by atoms with Gasteiger partial charge in [-0.2, -0.15) is 0 Å². The predicted octanol–water partition coefficient (Wildman–Crippen LogP) is 2.68. The van der Waals surface area contributed by atoms with Crippen LogP contribution >= 0.6 is 0 Å². The molecule has 0 aromatic heterocycles. The summed E-state index contributed by atoms with van der Waals surface area (Å²) in [6.45, 7) is 3.11. The molecule has 0 heterocycles. The number of carboxylic acid groups (broad SMARTS) is 1. The van der Waals surface area contributed by atoms with Crippen molar-refractivity contribution in [1.29, 1.82) is 0 Å². The zero-order valence-electron chi connectivity index (χ0n) is 19.2. The lowest BCUT2D eigenvalue weighted by atomic mass is 10.1. The number of hydrogen-bond donors (Lipinski definition) is 3. The van der Waals surface area contributed by atoms with Crippen LogP contribution < -0.4 is 10.6 Å². The number of ether oxygens (including phenoxy) is 2. The van der Waals surface area contributed by atoms with Gasteiger partial charge < -0.3 is 25.2 Å². The molecule has 0 aliphatic heterocycles. The highest BCUT2D eigenvalue weighted by Crippen LogP contribution is 2.09. The number of hydrogen-bond acceptors (Lipinski definition) is 6. The third kappa shape index (κ3) is 9.72. The molecule has 2 atom stereocenters. The molecule has 0 radical (unpaired) electrons. The number of benzene rings is 2. The van der Waals surface area contributed by atoms with Crippen LogP contribution in [-0.4, -0.2) is 47.7 Å². The molecule has 0 aliphatic carbocycles. The number of nitrogens with one attached hydrogen (secondary N) is 2. The molecule has 0 spiro atoms. The smallest absolute Gasteiger partial charge is 0.408 e. The Bertz CT molecular complexity index is 948. The molecule has 2 aromatic carbocycles. The van der Waals surface area contributed by atoms with Gasteiger partial charge in [-0.25, -0.2) is 9.59 Å². The van der Waals surface area contributed by atoms with Crippen molar-refractivity contribution in [3.63, 3.8) is 0 Å². The lowest BCUT2D eigenvalue weighted by Gasteiger charge is -2.19. The van der Waals surface area contributed by atoms with E-state index in [1.54, 1.807) is 36.4 Å². The molecule has 2 rings (SSSR count). The summed E-state index contributed by atoms with van der Waals surface area (Å²) < 4.78 is 10.2. The Labute approximate surface area is 198 Å². The maximum atomic E-state index is 12.8. The zero-order valence-corrected chi connectivity index (χ0v) is 19.2. The number of carboxylic acids is 1. The fourth-order valence-electron chi connectivity index (χ4n) is 3.08. The molecule has 0 saturated carbocycles. The standard InChI is InChI=1S/C25H30N2O7/c1-17(2)13-21(24(30)31)34-22(28)15-26-23(29)20(14-18-9-5-3-6-10-18)27-25(32)33-16-19-11-7-4-8-12-19/h3-12,17,20-21H,13-16H2,1-2H3,(H,26,29)(H,27,32)(H,30,31)/t20-,21-/m0/s1. The van der Waals surface area contributed by atoms with Gasteiger partial charge >= 0.3 is 18.0 Å². The first-order valence-corrected chi connectivity index (χ1v) is 11.0. The van der Waals surface area contributed by atoms with Crippen LogP contribution in [0.5, 0.6) is 0 Å². The number of aliphatic carboxylic acids is 1. The van der Waals surface area contributed by atoms with Crippen molar-refractivity contribution in [2.24, 2.45) is 5.92 Å². The summed E-state index contributed by atoms with van der Waals surface area (Å²) in [4.78, 5) is 48.4. The summed E-state index contributed by atoms with van der Waals surface area (Å²) in [7, 11) is 0. The third-order valence-electron chi connectivity index (χ3n) is 4.75. The van der Waals surface area contributed by atoms with E-state index in [2.05, 4.69) is 10.6 Å². The Morgan fingerprint density at radius 1 is 0.912 bits per heavy atom. The van der Waals surface area contributed by atoms with Gasteiger partial charge in [-0.3, -0.25) is 9.59 Å². The minimum absolute atomic E-state index is 0.00448. The van der Waals surface area contributed by atoms with Crippen LogP contribution in [0.4, 0.5) is 4.79 Å². The van der Waals surface area contributed by atoms with Gasteiger partial charge in [0, 0.05) is 6.42 Å². The molecule has 182 valence electrons. The van der Waals surface area contributed by atoms with E-state index in [9.17, 15) is 24.3 Å². The van der Waals surface area contributed by atoms with Crippen molar-refractivity contribution in [1.82, 2.24) is 10.6 Å². The predicted molar refractivity (Wildman–Crippen MR) is 124 cm³/mol. The van der Waals surface area contributed by atoms with E-state index in [1.165, 1.54) is 0 Å². The highest BCUT2D eigenvalue weighted by Gasteiger charge is 2.26. The molecule has 3 N–H and O–H groups in total. The van der Waals surface area contributed by atoms with E-state index in [4.69, 9.17) is 9.47 Å². The lowest BCUT2D eigenvalue weighted by Crippen LogP contribution is -2.49. The second kappa shape index (κ2) is 13.6. The van der Waals surface area contributed by atoms with Crippen LogP contribution in [0.2, 0.25) is 0 Å². The number of rotatable bonds is 12. The quantitative estimate of drug-likeness (QED) is 0.407. The number of esters is 1. The van der Waals surface area contributed by atoms with Gasteiger partial charge in [0.05, 0.1) is 0 Å². The van der Waals surface area contributed by atoms with E-state index in [0.29, 0.717) is 0 Å². The molecule has 34 heavy (non-hydrogen) atoms. The highest BCUT2D eigenvalue weighted by atomic mass is 16.6. The molecule has 9 nitrogen and oxygen atoms in total. The van der Waals surface area contributed by atoms with Gasteiger partial charge in [-0.15, -0.1) is 0 Å². The maximum absolute atomic E-state index is 12.8. The summed E-state index contributed by atoms with van der Waals surface area (Å²) in [5.41, 5.74) is 1.58. The molecule has 2 aromatic rings. The average Bonchev–Trinajstić information content (AvgIpc) is 2.81. The van der Waals surface area contributed by atoms with Crippen molar-refractivity contribution in [3.05, 3.63) is 71.8 Å². The van der Waals surface area contributed by atoms with E-state index in [-0.39, 0.29) is 25.4 Å². The first-order chi connectivity index (χ1) is 16.2. The summed E-state index contributed by atoms with van der Waals surface area (Å²) >= 11 is 0. The molecule has 0 saturated heterocycles. The highest BCUT2D eigenvalue weighted by molar-refractivity contribution is 5.89. The number of alkyl carbamates (subject to hydrolysis) is 1. The fourth-order valence-corrected chi connectivity index (χ4v) is 3.08. The van der Waals surface area contributed by atoms with Crippen molar-refractivity contribution in [2.45, 2.75) is 45.4 Å². The third-order valence-corrected chi connectivity index (χ3v) is 4.75. The minimum atomic E-state index is -1.30. The Balaban J connectivity index is 1.96. The summed E-state index contributed by atoms with van der Waals surface area (Å²) in [5, 5.41) is 14.1. The molecular formula is C25H30N2O7. The normalized spacial score (nSPS) is 12.3. The Hall–Kier alpha value is -3.88. The first-order valence-electron chi connectivity index (χ1n) is 11.0. The van der Waals surface area contributed by atoms with Gasteiger partial charge in [-0.1, -0.05) is 74.5 Å². The molecule has 0 bridgehead atoms. The number of carbonyl (C=O) groups is 4. The minimum Gasteiger partial charge on any atom is -0.479 e. The number of amides is 2. The van der Waals surface area contributed by atoms with Gasteiger partial charge in [0.1, 0.15) is 19.2 Å². The van der Waals surface area contributed by atoms with Gasteiger partial charge in [0.15, 0.2) is 6.10 Å². The van der Waals surface area contributed by atoms with Crippen LogP contribution in [0.15, 0.2) is 60.7 Å². The van der Waals surface area contributed by atoms with E-state index >= 15 is 0 Å². The van der Waals surface area contributed by atoms with Crippen LogP contribution in [0.1, 0.15) is 31.4 Å². The topological polar surface area (TPSA) is 131 Å². The molecule has 2 amide bonds. The Kier molecular flexibility index (Phi) is 10.6. The Morgan fingerprint density at radius 2 is 1.50 bits per heavy atom.